The molecule has 1 aromatic carbocycles. The number of sulfonamides is 1. The largest absolute Gasteiger partial charge is 0.451 e. The minimum Gasteiger partial charge on any atom is -0.451 e. The summed E-state index contributed by atoms with van der Waals surface area (Å²) in [5.74, 6) is -1.47. The molecular weight excluding hydrogens is 444 g/mol. The van der Waals surface area contributed by atoms with Gasteiger partial charge in [0.15, 0.2) is 12.3 Å². The molecule has 0 aliphatic carbocycles. The normalized spacial score (nSPS) is 15.2. The lowest BCUT2D eigenvalue weighted by Crippen LogP contribution is -2.32. The van der Waals surface area contributed by atoms with Gasteiger partial charge in [0, 0.05) is 19.3 Å². The molecule has 166 valence electrons. The molecule has 0 bridgehead atoms. The van der Waals surface area contributed by atoms with E-state index in [2.05, 4.69) is 15.3 Å². The van der Waals surface area contributed by atoms with Crippen molar-refractivity contribution in [2.45, 2.75) is 37.5 Å². The number of halogens is 1. The Morgan fingerprint density at radius 1 is 1.13 bits per heavy atom. The maximum atomic E-state index is 13.0. The standard InChI is InChI=1S/C20H23ClN4O5S/c1-14-11-23-18(12-22-14)20(27)30-13-19(26)24-17-10-15(6-7-16(17)21)31(28,29)25-8-4-2-3-5-9-25/h6-7,10-12H,2-5,8-9,13H2,1H3,(H,24,26). The second-order valence-electron chi connectivity index (χ2n) is 7.13. The van der Waals surface area contributed by atoms with Crippen molar-refractivity contribution in [2.75, 3.05) is 25.0 Å². The Balaban J connectivity index is 1.66. The molecule has 1 amide bonds. The van der Waals surface area contributed by atoms with Gasteiger partial charge in [-0.2, -0.15) is 4.31 Å². The summed E-state index contributed by atoms with van der Waals surface area (Å²) in [4.78, 5) is 32.0. The predicted octanol–water partition coefficient (Wildman–Crippen LogP) is 2.80. The number of hydrogen-bond acceptors (Lipinski definition) is 7. The number of aryl methyl sites for hydroxylation is 1. The third-order valence-electron chi connectivity index (χ3n) is 4.74. The number of carbonyl (C=O) groups is 2. The summed E-state index contributed by atoms with van der Waals surface area (Å²) in [6.07, 6.45) is 6.29. The lowest BCUT2D eigenvalue weighted by atomic mass is 10.2. The Bertz CT molecular complexity index is 1050. The number of anilines is 1. The second-order valence-corrected chi connectivity index (χ2v) is 9.47. The Labute approximate surface area is 185 Å². The molecule has 2 aromatic rings. The van der Waals surface area contributed by atoms with Crippen molar-refractivity contribution in [3.63, 3.8) is 0 Å². The molecule has 0 atom stereocenters. The van der Waals surface area contributed by atoms with Crippen molar-refractivity contribution in [1.29, 1.82) is 0 Å². The third kappa shape index (κ3) is 5.99. The van der Waals surface area contributed by atoms with Crippen molar-refractivity contribution in [2.24, 2.45) is 0 Å². The average molecular weight is 467 g/mol. The molecule has 0 saturated carbocycles. The molecule has 1 aromatic heterocycles. The van der Waals surface area contributed by atoms with Crippen LogP contribution in [0.5, 0.6) is 0 Å². The molecule has 9 nitrogen and oxygen atoms in total. The highest BCUT2D eigenvalue weighted by molar-refractivity contribution is 7.89. The van der Waals surface area contributed by atoms with E-state index in [1.165, 1.54) is 34.9 Å². The second kappa shape index (κ2) is 10.2. The summed E-state index contributed by atoms with van der Waals surface area (Å²) in [5, 5.41) is 2.65. The van der Waals surface area contributed by atoms with Gasteiger partial charge in [0.25, 0.3) is 5.91 Å². The van der Waals surface area contributed by atoms with E-state index in [9.17, 15) is 18.0 Å². The molecule has 3 rings (SSSR count). The summed E-state index contributed by atoms with van der Waals surface area (Å²) in [6, 6.07) is 4.14. The summed E-state index contributed by atoms with van der Waals surface area (Å²) < 4.78 is 32.3. The van der Waals surface area contributed by atoms with Gasteiger partial charge in [0.2, 0.25) is 10.0 Å². The van der Waals surface area contributed by atoms with E-state index in [1.807, 2.05) is 0 Å². The van der Waals surface area contributed by atoms with Crippen molar-refractivity contribution in [3.05, 3.63) is 47.0 Å². The molecule has 0 spiro atoms. The molecule has 1 N–H and O–H groups in total. The monoisotopic (exact) mass is 466 g/mol. The van der Waals surface area contributed by atoms with Gasteiger partial charge < -0.3 is 10.1 Å². The molecular formula is C20H23ClN4O5S. The van der Waals surface area contributed by atoms with Crippen LogP contribution in [0.15, 0.2) is 35.5 Å². The van der Waals surface area contributed by atoms with Crippen LogP contribution in [0.25, 0.3) is 0 Å². The number of amides is 1. The lowest BCUT2D eigenvalue weighted by Gasteiger charge is -2.20. The fourth-order valence-corrected chi connectivity index (χ4v) is 4.79. The molecule has 1 aliphatic rings. The van der Waals surface area contributed by atoms with E-state index in [0.29, 0.717) is 18.8 Å². The molecule has 11 heteroatoms. The SMILES string of the molecule is Cc1cnc(C(=O)OCC(=O)Nc2cc(S(=O)(=O)N3CCCCCC3)ccc2Cl)cn1. The first-order valence-electron chi connectivity index (χ1n) is 9.83. The van der Waals surface area contributed by atoms with Gasteiger partial charge in [0.1, 0.15) is 0 Å². The summed E-state index contributed by atoms with van der Waals surface area (Å²) >= 11 is 6.13. The fraction of sp³-hybridized carbons (Fsp3) is 0.400. The van der Waals surface area contributed by atoms with Crippen molar-refractivity contribution in [1.82, 2.24) is 14.3 Å². The maximum Gasteiger partial charge on any atom is 0.359 e. The van der Waals surface area contributed by atoms with Crippen LogP contribution in [0.1, 0.15) is 41.9 Å². The minimum atomic E-state index is -3.70. The van der Waals surface area contributed by atoms with Crippen LogP contribution < -0.4 is 5.32 Å². The summed E-state index contributed by atoms with van der Waals surface area (Å²) in [6.45, 7) is 2.06. The van der Waals surface area contributed by atoms with Gasteiger partial charge >= 0.3 is 5.97 Å². The van der Waals surface area contributed by atoms with Gasteiger partial charge in [-0.1, -0.05) is 24.4 Å². The molecule has 0 radical (unpaired) electrons. The zero-order valence-corrected chi connectivity index (χ0v) is 18.6. The van der Waals surface area contributed by atoms with Gasteiger partial charge in [-0.25, -0.2) is 18.2 Å². The Morgan fingerprint density at radius 2 is 1.84 bits per heavy atom. The first kappa shape index (κ1) is 23.1. The van der Waals surface area contributed by atoms with Crippen LogP contribution in [0.3, 0.4) is 0 Å². The summed E-state index contributed by atoms with van der Waals surface area (Å²) in [7, 11) is -3.70. The zero-order chi connectivity index (χ0) is 22.4. The van der Waals surface area contributed by atoms with Gasteiger partial charge in [-0.15, -0.1) is 0 Å². The van der Waals surface area contributed by atoms with E-state index in [-0.39, 0.29) is 21.3 Å². The first-order valence-corrected chi connectivity index (χ1v) is 11.6. The molecule has 31 heavy (non-hydrogen) atoms. The number of ether oxygens (including phenoxy) is 1. The van der Waals surface area contributed by atoms with Crippen LogP contribution in [0.2, 0.25) is 5.02 Å². The molecule has 1 saturated heterocycles. The van der Waals surface area contributed by atoms with Crippen LogP contribution in [-0.2, 0) is 19.6 Å². The highest BCUT2D eigenvalue weighted by Gasteiger charge is 2.26. The zero-order valence-electron chi connectivity index (χ0n) is 17.0. The third-order valence-corrected chi connectivity index (χ3v) is 6.96. The van der Waals surface area contributed by atoms with E-state index in [4.69, 9.17) is 16.3 Å². The van der Waals surface area contributed by atoms with Crippen molar-refractivity contribution >= 4 is 39.2 Å². The van der Waals surface area contributed by atoms with Gasteiger partial charge in [0.05, 0.1) is 27.5 Å². The van der Waals surface area contributed by atoms with Gasteiger partial charge in [-0.3, -0.25) is 9.78 Å². The van der Waals surface area contributed by atoms with Crippen molar-refractivity contribution < 1.29 is 22.7 Å². The molecule has 1 fully saturated rings. The number of carbonyl (C=O) groups excluding carboxylic acids is 2. The van der Waals surface area contributed by atoms with Crippen molar-refractivity contribution in [3.8, 4) is 0 Å². The van der Waals surface area contributed by atoms with E-state index in [0.717, 1.165) is 25.7 Å². The Kier molecular flexibility index (Phi) is 7.58. The molecule has 0 unspecified atom stereocenters. The number of hydrogen-bond donors (Lipinski definition) is 1. The number of aromatic nitrogens is 2. The number of nitrogens with zero attached hydrogens (tertiary/aromatic N) is 3. The van der Waals surface area contributed by atoms with Crippen LogP contribution >= 0.6 is 11.6 Å². The molecule has 1 aliphatic heterocycles. The van der Waals surface area contributed by atoms with E-state index < -0.39 is 28.5 Å². The van der Waals surface area contributed by atoms with E-state index >= 15 is 0 Å². The number of esters is 1. The van der Waals surface area contributed by atoms with Gasteiger partial charge in [-0.05, 0) is 38.0 Å². The smallest absolute Gasteiger partial charge is 0.359 e. The highest BCUT2D eigenvalue weighted by atomic mass is 35.5. The van der Waals surface area contributed by atoms with Crippen LogP contribution in [0, 0.1) is 6.92 Å². The maximum absolute atomic E-state index is 13.0. The van der Waals surface area contributed by atoms with E-state index in [1.54, 1.807) is 6.92 Å². The quantitative estimate of drug-likeness (QED) is 0.650. The Hall–Kier alpha value is -2.56. The first-order chi connectivity index (χ1) is 14.8. The summed E-state index contributed by atoms with van der Waals surface area (Å²) in [5.41, 5.74) is 0.731. The number of benzene rings is 1. The lowest BCUT2D eigenvalue weighted by molar-refractivity contribution is -0.119. The average Bonchev–Trinajstić information content (AvgIpc) is 3.04. The number of nitrogens with one attached hydrogen (secondary N) is 1. The highest BCUT2D eigenvalue weighted by Crippen LogP contribution is 2.28. The minimum absolute atomic E-state index is 0.0260. The predicted molar refractivity (Wildman–Crippen MR) is 114 cm³/mol. The molecule has 2 heterocycles. The number of rotatable bonds is 6. The fourth-order valence-electron chi connectivity index (χ4n) is 3.08. The van der Waals surface area contributed by atoms with Crippen LogP contribution in [-0.4, -0.2) is 54.3 Å². The van der Waals surface area contributed by atoms with Crippen LogP contribution in [0.4, 0.5) is 5.69 Å². The topological polar surface area (TPSA) is 119 Å². The Morgan fingerprint density at radius 3 is 2.48 bits per heavy atom.